The number of hydrogen-bond donors (Lipinski definition) is 1. The van der Waals surface area contributed by atoms with Crippen LogP contribution in [-0.4, -0.2) is 24.3 Å². The fourth-order valence-corrected chi connectivity index (χ4v) is 1.56. The summed E-state index contributed by atoms with van der Waals surface area (Å²) in [4.78, 5) is 22.8. The molecule has 1 amide bonds. The summed E-state index contributed by atoms with van der Waals surface area (Å²) in [5, 5.41) is 2.73. The number of nitrogens with one attached hydrogen (secondary N) is 1. The third kappa shape index (κ3) is 4.64. The summed E-state index contributed by atoms with van der Waals surface area (Å²) >= 11 is 0. The molecular formula is C15H20FNO3. The van der Waals surface area contributed by atoms with Crippen LogP contribution in [-0.2, 0) is 4.79 Å². The Hall–Kier alpha value is -1.91. The monoisotopic (exact) mass is 281 g/mol. The molecular weight excluding hydrogens is 261 g/mol. The smallest absolute Gasteiger partial charge is 0.260 e. The van der Waals surface area contributed by atoms with Crippen LogP contribution in [0.25, 0.3) is 0 Å². The summed E-state index contributed by atoms with van der Waals surface area (Å²) in [5.41, 5.74) is 0.00858. The lowest BCUT2D eigenvalue weighted by Crippen LogP contribution is -2.38. The van der Waals surface area contributed by atoms with Gasteiger partial charge in [0.1, 0.15) is 11.6 Å². The predicted octanol–water partition coefficient (Wildman–Crippen LogP) is 2.57. The average Bonchev–Trinajstić information content (AvgIpc) is 2.35. The second-order valence-electron chi connectivity index (χ2n) is 5.10. The molecule has 0 saturated heterocycles. The number of rotatable bonds is 6. The first kappa shape index (κ1) is 16.1. The Morgan fingerprint density at radius 3 is 2.45 bits per heavy atom. The fraction of sp³-hybridized carbons (Fsp3) is 0.467. The lowest BCUT2D eigenvalue weighted by atomic mass is 10.1. The van der Waals surface area contributed by atoms with Gasteiger partial charge in [-0.25, -0.2) is 4.39 Å². The molecule has 1 N–H and O–H groups in total. The molecule has 1 aromatic rings. The Morgan fingerprint density at radius 1 is 1.30 bits per heavy atom. The van der Waals surface area contributed by atoms with Crippen LogP contribution in [0.4, 0.5) is 4.39 Å². The maximum absolute atomic E-state index is 13.6. The van der Waals surface area contributed by atoms with E-state index in [2.05, 4.69) is 5.32 Å². The van der Waals surface area contributed by atoms with E-state index in [1.165, 1.54) is 19.1 Å². The van der Waals surface area contributed by atoms with E-state index in [0.29, 0.717) is 12.5 Å². The molecule has 1 aromatic carbocycles. The average molecular weight is 281 g/mol. The predicted molar refractivity (Wildman–Crippen MR) is 74.3 cm³/mol. The van der Waals surface area contributed by atoms with Crippen LogP contribution >= 0.6 is 0 Å². The molecule has 5 heteroatoms. The van der Waals surface area contributed by atoms with Gasteiger partial charge in [-0.3, -0.25) is 9.59 Å². The van der Waals surface area contributed by atoms with Gasteiger partial charge >= 0.3 is 0 Å². The third-order valence-electron chi connectivity index (χ3n) is 2.69. The number of carbonyl (C=O) groups is 2. The summed E-state index contributed by atoms with van der Waals surface area (Å²) in [6, 6.07) is 3.95. The van der Waals surface area contributed by atoms with E-state index in [-0.39, 0.29) is 23.0 Å². The Morgan fingerprint density at radius 2 is 1.95 bits per heavy atom. The van der Waals surface area contributed by atoms with Crippen LogP contribution in [0.2, 0.25) is 0 Å². The molecule has 1 atom stereocenters. The van der Waals surface area contributed by atoms with Gasteiger partial charge in [0.05, 0.1) is 5.56 Å². The molecule has 0 aliphatic carbocycles. The van der Waals surface area contributed by atoms with E-state index in [9.17, 15) is 14.0 Å². The molecule has 0 fully saturated rings. The maximum Gasteiger partial charge on any atom is 0.260 e. The van der Waals surface area contributed by atoms with Gasteiger partial charge in [-0.2, -0.15) is 0 Å². The first-order valence-electron chi connectivity index (χ1n) is 6.56. The first-order chi connectivity index (χ1) is 9.31. The van der Waals surface area contributed by atoms with E-state index in [1.54, 1.807) is 6.92 Å². The SMILES string of the molecule is CC(=O)c1ccc(OC(C)C(=O)NCC(C)C)cc1F. The molecule has 0 spiro atoms. The van der Waals surface area contributed by atoms with Gasteiger partial charge in [0.25, 0.3) is 5.91 Å². The summed E-state index contributed by atoms with van der Waals surface area (Å²) < 4.78 is 19.0. The van der Waals surface area contributed by atoms with Crippen LogP contribution in [0.15, 0.2) is 18.2 Å². The number of carbonyl (C=O) groups excluding carboxylic acids is 2. The second kappa shape index (κ2) is 7.03. The molecule has 1 unspecified atom stereocenters. The Balaban J connectivity index is 2.66. The topological polar surface area (TPSA) is 55.4 Å². The summed E-state index contributed by atoms with van der Waals surface area (Å²) in [7, 11) is 0. The van der Waals surface area contributed by atoms with E-state index in [1.807, 2.05) is 13.8 Å². The normalized spacial score (nSPS) is 12.1. The minimum atomic E-state index is -0.726. The highest BCUT2D eigenvalue weighted by atomic mass is 19.1. The standard InChI is InChI=1S/C15H20FNO3/c1-9(2)8-17-15(19)11(4)20-12-5-6-13(10(3)18)14(16)7-12/h5-7,9,11H,8H2,1-4H3,(H,17,19). The fourth-order valence-electron chi connectivity index (χ4n) is 1.56. The van der Waals surface area contributed by atoms with Crippen molar-refractivity contribution >= 4 is 11.7 Å². The van der Waals surface area contributed by atoms with Gasteiger partial charge in [0.2, 0.25) is 0 Å². The number of Topliss-reactive ketones (excluding diaryl/α,β-unsaturated/α-hetero) is 1. The molecule has 0 saturated carbocycles. The molecule has 1 rings (SSSR count). The molecule has 4 nitrogen and oxygen atoms in total. The zero-order valence-electron chi connectivity index (χ0n) is 12.2. The van der Waals surface area contributed by atoms with Crippen molar-refractivity contribution in [3.8, 4) is 5.75 Å². The van der Waals surface area contributed by atoms with Gasteiger partial charge in [0, 0.05) is 12.6 Å². The molecule has 110 valence electrons. The van der Waals surface area contributed by atoms with Crippen molar-refractivity contribution in [2.75, 3.05) is 6.54 Å². The van der Waals surface area contributed by atoms with E-state index >= 15 is 0 Å². The van der Waals surface area contributed by atoms with Crippen molar-refractivity contribution in [2.24, 2.45) is 5.92 Å². The van der Waals surface area contributed by atoms with Crippen molar-refractivity contribution in [3.63, 3.8) is 0 Å². The van der Waals surface area contributed by atoms with E-state index in [4.69, 9.17) is 4.74 Å². The maximum atomic E-state index is 13.6. The van der Waals surface area contributed by atoms with E-state index < -0.39 is 11.9 Å². The zero-order chi connectivity index (χ0) is 15.3. The Labute approximate surface area is 118 Å². The molecule has 0 aliphatic rings. The second-order valence-corrected chi connectivity index (χ2v) is 5.10. The lowest BCUT2D eigenvalue weighted by molar-refractivity contribution is -0.127. The zero-order valence-corrected chi connectivity index (χ0v) is 12.2. The summed E-state index contributed by atoms with van der Waals surface area (Å²) in [5.74, 6) is -0.686. The number of hydrogen-bond acceptors (Lipinski definition) is 3. The number of benzene rings is 1. The van der Waals surface area contributed by atoms with Gasteiger partial charge in [-0.1, -0.05) is 13.8 Å². The highest BCUT2D eigenvalue weighted by Crippen LogP contribution is 2.18. The van der Waals surface area contributed by atoms with E-state index in [0.717, 1.165) is 6.07 Å². The van der Waals surface area contributed by atoms with Crippen molar-refractivity contribution in [3.05, 3.63) is 29.6 Å². The van der Waals surface area contributed by atoms with Crippen molar-refractivity contribution in [2.45, 2.75) is 33.8 Å². The minimum absolute atomic E-state index is 0.00858. The number of amides is 1. The first-order valence-corrected chi connectivity index (χ1v) is 6.56. The molecule has 0 aromatic heterocycles. The minimum Gasteiger partial charge on any atom is -0.481 e. The van der Waals surface area contributed by atoms with Crippen LogP contribution in [0.3, 0.4) is 0 Å². The molecule has 0 radical (unpaired) electrons. The largest absolute Gasteiger partial charge is 0.481 e. The van der Waals surface area contributed by atoms with Crippen LogP contribution < -0.4 is 10.1 Å². The van der Waals surface area contributed by atoms with Gasteiger partial charge in [0.15, 0.2) is 11.9 Å². The summed E-state index contributed by atoms with van der Waals surface area (Å²) in [6.07, 6.45) is -0.726. The van der Waals surface area contributed by atoms with Crippen LogP contribution in [0, 0.1) is 11.7 Å². The van der Waals surface area contributed by atoms with Crippen molar-refractivity contribution in [1.82, 2.24) is 5.32 Å². The Bertz CT molecular complexity index is 500. The number of ether oxygens (including phenoxy) is 1. The molecule has 0 aliphatic heterocycles. The van der Waals surface area contributed by atoms with Crippen molar-refractivity contribution in [1.29, 1.82) is 0 Å². The van der Waals surface area contributed by atoms with Gasteiger partial charge in [-0.05, 0) is 31.9 Å². The lowest BCUT2D eigenvalue weighted by Gasteiger charge is -2.16. The summed E-state index contributed by atoms with van der Waals surface area (Å²) in [6.45, 7) is 7.42. The quantitative estimate of drug-likeness (QED) is 0.815. The highest BCUT2D eigenvalue weighted by molar-refractivity contribution is 5.94. The number of halogens is 1. The molecule has 20 heavy (non-hydrogen) atoms. The van der Waals surface area contributed by atoms with Gasteiger partial charge < -0.3 is 10.1 Å². The van der Waals surface area contributed by atoms with Crippen LogP contribution in [0.1, 0.15) is 38.1 Å². The van der Waals surface area contributed by atoms with Crippen molar-refractivity contribution < 1.29 is 18.7 Å². The Kier molecular flexibility index (Phi) is 5.67. The highest BCUT2D eigenvalue weighted by Gasteiger charge is 2.16. The van der Waals surface area contributed by atoms with Crippen LogP contribution in [0.5, 0.6) is 5.75 Å². The van der Waals surface area contributed by atoms with Gasteiger partial charge in [-0.15, -0.1) is 0 Å². The molecule has 0 bridgehead atoms. The molecule has 0 heterocycles. The number of ketones is 1. The third-order valence-corrected chi connectivity index (χ3v) is 2.69.